The zero-order valence-corrected chi connectivity index (χ0v) is 16.7. The number of benzene rings is 2. The number of ether oxygens (including phenoxy) is 3. The van der Waals surface area contributed by atoms with Crippen LogP contribution in [-0.2, 0) is 19.7 Å². The monoisotopic (exact) mass is 398 g/mol. The second-order valence-corrected chi connectivity index (χ2v) is 6.93. The van der Waals surface area contributed by atoms with Gasteiger partial charge in [-0.25, -0.2) is 0 Å². The third-order valence-electron chi connectivity index (χ3n) is 5.28. The molecule has 1 aliphatic heterocycles. The molecule has 1 aliphatic rings. The van der Waals surface area contributed by atoms with E-state index in [1.807, 2.05) is 24.3 Å². The molecule has 7 nitrogen and oxygen atoms in total. The van der Waals surface area contributed by atoms with E-state index in [1.54, 1.807) is 31.4 Å². The van der Waals surface area contributed by atoms with Crippen molar-refractivity contribution in [3.8, 4) is 11.5 Å². The minimum Gasteiger partial charge on any atom is -0.496 e. The van der Waals surface area contributed by atoms with Gasteiger partial charge < -0.3 is 24.8 Å². The molecule has 2 aromatic rings. The molecule has 1 heterocycles. The fraction of sp³-hybridized carbons (Fsp3) is 0.364. The summed E-state index contributed by atoms with van der Waals surface area (Å²) in [5.41, 5.74) is 1.10. The standard InChI is InChI=1S/C22H26N2O5/c1-27-18-9-5-3-7-16(18)22(11-13-29-14-12-22)15-23-20(25)21(26)24-17-8-4-6-10-19(17)28-2/h3-10H,11-15H2,1-2H3,(H,23,25)(H,24,26). The molecular formula is C22H26N2O5. The van der Waals surface area contributed by atoms with E-state index in [4.69, 9.17) is 14.2 Å². The van der Waals surface area contributed by atoms with E-state index in [1.165, 1.54) is 7.11 Å². The maximum atomic E-state index is 12.5. The summed E-state index contributed by atoms with van der Waals surface area (Å²) in [5, 5.41) is 5.40. The largest absolute Gasteiger partial charge is 0.496 e. The van der Waals surface area contributed by atoms with Crippen LogP contribution in [0.5, 0.6) is 11.5 Å². The summed E-state index contributed by atoms with van der Waals surface area (Å²) in [6, 6.07) is 14.7. The molecule has 7 heteroatoms. The Hall–Kier alpha value is -3.06. The highest BCUT2D eigenvalue weighted by molar-refractivity contribution is 6.39. The normalized spacial score (nSPS) is 15.2. The Bertz CT molecular complexity index is 862. The van der Waals surface area contributed by atoms with Gasteiger partial charge in [-0.15, -0.1) is 0 Å². The molecule has 0 aromatic heterocycles. The molecule has 2 N–H and O–H groups in total. The third kappa shape index (κ3) is 4.68. The smallest absolute Gasteiger partial charge is 0.313 e. The summed E-state index contributed by atoms with van der Waals surface area (Å²) in [7, 11) is 3.14. The average Bonchev–Trinajstić information content (AvgIpc) is 2.78. The van der Waals surface area contributed by atoms with E-state index >= 15 is 0 Å². The number of amides is 2. The fourth-order valence-electron chi connectivity index (χ4n) is 3.64. The van der Waals surface area contributed by atoms with Gasteiger partial charge in [-0.1, -0.05) is 30.3 Å². The number of carbonyl (C=O) groups excluding carboxylic acids is 2. The van der Waals surface area contributed by atoms with Crippen molar-refractivity contribution < 1.29 is 23.8 Å². The Morgan fingerprint density at radius 1 is 0.931 bits per heavy atom. The summed E-state index contributed by atoms with van der Waals surface area (Å²) >= 11 is 0. The van der Waals surface area contributed by atoms with Crippen molar-refractivity contribution in [3.63, 3.8) is 0 Å². The Morgan fingerprint density at radius 3 is 2.24 bits per heavy atom. The molecule has 0 unspecified atom stereocenters. The minimum atomic E-state index is -0.739. The van der Waals surface area contributed by atoms with Crippen LogP contribution < -0.4 is 20.1 Å². The topological polar surface area (TPSA) is 85.9 Å². The van der Waals surface area contributed by atoms with Crippen LogP contribution in [0.15, 0.2) is 48.5 Å². The Balaban J connectivity index is 1.72. The van der Waals surface area contributed by atoms with Crippen LogP contribution >= 0.6 is 0 Å². The van der Waals surface area contributed by atoms with Gasteiger partial charge in [0.2, 0.25) is 0 Å². The quantitative estimate of drug-likeness (QED) is 0.731. The van der Waals surface area contributed by atoms with Crippen molar-refractivity contribution in [1.82, 2.24) is 5.32 Å². The predicted octanol–water partition coefficient (Wildman–Crippen LogP) is 2.51. The molecule has 29 heavy (non-hydrogen) atoms. The molecule has 1 fully saturated rings. The van der Waals surface area contributed by atoms with Gasteiger partial charge in [0.15, 0.2) is 0 Å². The van der Waals surface area contributed by atoms with Gasteiger partial charge in [-0.05, 0) is 31.0 Å². The summed E-state index contributed by atoms with van der Waals surface area (Å²) in [4.78, 5) is 24.9. The number of hydrogen-bond acceptors (Lipinski definition) is 5. The molecule has 154 valence electrons. The molecule has 3 rings (SSSR count). The number of rotatable bonds is 6. The van der Waals surface area contributed by atoms with Crippen LogP contribution in [0, 0.1) is 0 Å². The van der Waals surface area contributed by atoms with Crippen LogP contribution in [0.25, 0.3) is 0 Å². The highest BCUT2D eigenvalue weighted by Gasteiger charge is 2.37. The zero-order chi connectivity index (χ0) is 20.7. The third-order valence-corrected chi connectivity index (χ3v) is 5.28. The Kier molecular flexibility index (Phi) is 6.72. The van der Waals surface area contributed by atoms with Gasteiger partial charge >= 0.3 is 11.8 Å². The van der Waals surface area contributed by atoms with Crippen molar-refractivity contribution in [2.24, 2.45) is 0 Å². The van der Waals surface area contributed by atoms with Gasteiger partial charge in [0.1, 0.15) is 11.5 Å². The van der Waals surface area contributed by atoms with E-state index in [0.29, 0.717) is 31.2 Å². The first kappa shape index (κ1) is 20.7. The lowest BCUT2D eigenvalue weighted by Crippen LogP contribution is -2.47. The van der Waals surface area contributed by atoms with Crippen LogP contribution in [0.4, 0.5) is 5.69 Å². The number of carbonyl (C=O) groups is 2. The first-order valence-electron chi connectivity index (χ1n) is 9.53. The first-order valence-corrected chi connectivity index (χ1v) is 9.53. The van der Waals surface area contributed by atoms with Crippen LogP contribution in [0.1, 0.15) is 18.4 Å². The molecular weight excluding hydrogens is 372 g/mol. The molecule has 0 saturated carbocycles. The number of nitrogens with one attached hydrogen (secondary N) is 2. The Labute approximate surface area is 170 Å². The van der Waals surface area contributed by atoms with Crippen molar-refractivity contribution >= 4 is 17.5 Å². The molecule has 0 radical (unpaired) electrons. The number of methoxy groups -OCH3 is 2. The molecule has 1 saturated heterocycles. The maximum Gasteiger partial charge on any atom is 0.313 e. The fourth-order valence-corrected chi connectivity index (χ4v) is 3.64. The van der Waals surface area contributed by atoms with Crippen molar-refractivity contribution in [2.45, 2.75) is 18.3 Å². The number of hydrogen-bond donors (Lipinski definition) is 2. The lowest BCUT2D eigenvalue weighted by Gasteiger charge is -2.38. The molecule has 0 atom stereocenters. The average molecular weight is 398 g/mol. The van der Waals surface area contributed by atoms with Crippen LogP contribution in [0.3, 0.4) is 0 Å². The highest BCUT2D eigenvalue weighted by atomic mass is 16.5. The lowest BCUT2D eigenvalue weighted by atomic mass is 9.73. The minimum absolute atomic E-state index is 0.314. The maximum absolute atomic E-state index is 12.5. The molecule has 0 bridgehead atoms. The summed E-state index contributed by atoms with van der Waals surface area (Å²) < 4.78 is 16.3. The molecule has 2 amide bonds. The van der Waals surface area contributed by atoms with Crippen molar-refractivity contribution in [3.05, 3.63) is 54.1 Å². The van der Waals surface area contributed by atoms with Crippen molar-refractivity contribution in [2.75, 3.05) is 39.3 Å². The van der Waals surface area contributed by atoms with Gasteiger partial charge in [-0.3, -0.25) is 9.59 Å². The van der Waals surface area contributed by atoms with Crippen molar-refractivity contribution in [1.29, 1.82) is 0 Å². The first-order chi connectivity index (χ1) is 14.1. The van der Waals surface area contributed by atoms with E-state index in [0.717, 1.165) is 24.2 Å². The van der Waals surface area contributed by atoms with Gasteiger partial charge in [0.05, 0.1) is 19.9 Å². The predicted molar refractivity (Wildman–Crippen MR) is 109 cm³/mol. The van der Waals surface area contributed by atoms with Gasteiger partial charge in [0, 0.05) is 30.7 Å². The molecule has 0 spiro atoms. The van der Waals surface area contributed by atoms with Crippen LogP contribution in [0.2, 0.25) is 0 Å². The summed E-state index contributed by atoms with van der Waals surface area (Å²) in [5.74, 6) is -0.181. The SMILES string of the molecule is COc1ccccc1NC(=O)C(=O)NCC1(c2ccccc2OC)CCOCC1. The zero-order valence-electron chi connectivity index (χ0n) is 16.7. The Morgan fingerprint density at radius 2 is 1.55 bits per heavy atom. The molecule has 0 aliphatic carbocycles. The van der Waals surface area contributed by atoms with E-state index in [9.17, 15) is 9.59 Å². The number of para-hydroxylation sites is 3. The van der Waals surface area contributed by atoms with E-state index in [2.05, 4.69) is 10.6 Å². The van der Waals surface area contributed by atoms with E-state index < -0.39 is 11.8 Å². The van der Waals surface area contributed by atoms with Crippen LogP contribution in [-0.4, -0.2) is 45.8 Å². The summed E-state index contributed by atoms with van der Waals surface area (Å²) in [6.07, 6.45) is 1.45. The summed E-state index contributed by atoms with van der Waals surface area (Å²) in [6.45, 7) is 1.48. The highest BCUT2D eigenvalue weighted by Crippen LogP contribution is 2.39. The second-order valence-electron chi connectivity index (χ2n) is 6.93. The lowest BCUT2D eigenvalue weighted by molar-refractivity contribution is -0.136. The molecule has 2 aromatic carbocycles. The van der Waals surface area contributed by atoms with E-state index in [-0.39, 0.29) is 5.41 Å². The van der Waals surface area contributed by atoms with Gasteiger partial charge in [-0.2, -0.15) is 0 Å². The second kappa shape index (κ2) is 9.43. The van der Waals surface area contributed by atoms with Gasteiger partial charge in [0.25, 0.3) is 0 Å². The number of anilines is 1.